The minimum Gasteiger partial charge on any atom is -0.489 e. The molecule has 5 nitrogen and oxygen atoms in total. The zero-order valence-corrected chi connectivity index (χ0v) is 17.8. The molecule has 1 unspecified atom stereocenters. The van der Waals surface area contributed by atoms with Gasteiger partial charge in [-0.05, 0) is 55.0 Å². The molecule has 152 valence electrons. The Labute approximate surface area is 168 Å². The summed E-state index contributed by atoms with van der Waals surface area (Å²) in [6.45, 7) is 7.23. The largest absolute Gasteiger partial charge is 0.575 e. The van der Waals surface area contributed by atoms with Crippen LogP contribution >= 0.6 is 8.03 Å². The number of hydrogen-bond acceptors (Lipinski definition) is 5. The monoisotopic (exact) mass is 405 g/mol. The smallest absolute Gasteiger partial charge is 0.489 e. The Hall–Kier alpha value is -1.78. The summed E-state index contributed by atoms with van der Waals surface area (Å²) >= 11 is 0. The van der Waals surface area contributed by atoms with Gasteiger partial charge in [0.1, 0.15) is 12.4 Å². The van der Waals surface area contributed by atoms with E-state index in [4.69, 9.17) is 18.7 Å². The number of rotatable bonds is 13. The van der Waals surface area contributed by atoms with E-state index in [1.54, 1.807) is 0 Å². The number of benzene rings is 2. The van der Waals surface area contributed by atoms with Crippen LogP contribution in [0.15, 0.2) is 54.6 Å². The zero-order valence-electron chi connectivity index (χ0n) is 16.9. The Morgan fingerprint density at radius 2 is 1.46 bits per heavy atom. The zero-order chi connectivity index (χ0) is 20.2. The Morgan fingerprint density at radius 1 is 0.821 bits per heavy atom. The average molecular weight is 405 g/mol. The molecule has 0 aromatic heterocycles. The number of ether oxygens (including phenoxy) is 3. The van der Waals surface area contributed by atoms with Crippen LogP contribution in [0.4, 0.5) is 0 Å². The van der Waals surface area contributed by atoms with E-state index in [1.165, 1.54) is 0 Å². The maximum absolute atomic E-state index is 12.6. The second-order valence-electron chi connectivity index (χ2n) is 6.17. The van der Waals surface area contributed by atoms with Crippen LogP contribution < -0.4 is 4.74 Å². The highest BCUT2D eigenvalue weighted by Crippen LogP contribution is 2.45. The first kappa shape index (κ1) is 22.5. The van der Waals surface area contributed by atoms with Gasteiger partial charge >= 0.3 is 13.6 Å². The lowest BCUT2D eigenvalue weighted by Gasteiger charge is -2.22. The molecule has 6 heteroatoms. The molecule has 0 N–H and O–H groups in total. The Morgan fingerprint density at radius 3 is 2.04 bits per heavy atom. The molecule has 28 heavy (non-hydrogen) atoms. The predicted octanol–water partition coefficient (Wildman–Crippen LogP) is 5.70. The SMILES string of the molecule is CCO[P+](=O)C(CCc1ccc(OCc2ccccc2)cc1)(OCC)OCC. The lowest BCUT2D eigenvalue weighted by atomic mass is 10.1. The molecule has 2 rings (SSSR count). The molecule has 0 bridgehead atoms. The van der Waals surface area contributed by atoms with Crippen molar-refractivity contribution in [3.05, 3.63) is 65.7 Å². The molecule has 0 radical (unpaired) electrons. The van der Waals surface area contributed by atoms with Gasteiger partial charge < -0.3 is 14.2 Å². The minimum atomic E-state index is -2.09. The van der Waals surface area contributed by atoms with Crippen LogP contribution in [0.2, 0.25) is 0 Å². The number of aryl methyl sites for hydroxylation is 1. The van der Waals surface area contributed by atoms with E-state index in [9.17, 15) is 4.57 Å². The van der Waals surface area contributed by atoms with Crippen molar-refractivity contribution in [3.63, 3.8) is 0 Å². The fourth-order valence-electron chi connectivity index (χ4n) is 2.84. The highest BCUT2D eigenvalue weighted by Gasteiger charge is 2.54. The molecular formula is C22H30O5P+. The van der Waals surface area contributed by atoms with Crippen molar-refractivity contribution in [1.29, 1.82) is 0 Å². The van der Waals surface area contributed by atoms with Gasteiger partial charge in [-0.3, -0.25) is 0 Å². The fourth-order valence-corrected chi connectivity index (χ4v) is 4.04. The summed E-state index contributed by atoms with van der Waals surface area (Å²) in [7, 11) is -2.09. The van der Waals surface area contributed by atoms with Crippen molar-refractivity contribution in [2.45, 2.75) is 45.7 Å². The first-order valence-corrected chi connectivity index (χ1v) is 10.9. The molecule has 0 aliphatic carbocycles. The first-order chi connectivity index (χ1) is 13.6. The van der Waals surface area contributed by atoms with Gasteiger partial charge in [0.05, 0.1) is 26.2 Å². The molecule has 2 aromatic rings. The van der Waals surface area contributed by atoms with Crippen molar-refractivity contribution in [2.75, 3.05) is 19.8 Å². The second-order valence-corrected chi connectivity index (χ2v) is 7.63. The highest BCUT2D eigenvalue weighted by molar-refractivity contribution is 7.40. The first-order valence-electron chi connectivity index (χ1n) is 9.77. The van der Waals surface area contributed by atoms with Crippen LogP contribution in [0.3, 0.4) is 0 Å². The molecule has 0 fully saturated rings. The third-order valence-electron chi connectivity index (χ3n) is 4.17. The van der Waals surface area contributed by atoms with Crippen LogP contribution in [0.5, 0.6) is 5.75 Å². The fraction of sp³-hybridized carbons (Fsp3) is 0.455. The molecule has 0 heterocycles. The minimum absolute atomic E-state index is 0.352. The molecule has 0 amide bonds. The van der Waals surface area contributed by atoms with Crippen molar-refractivity contribution in [3.8, 4) is 5.75 Å². The van der Waals surface area contributed by atoms with Crippen LogP contribution in [0.1, 0.15) is 38.3 Å². The summed E-state index contributed by atoms with van der Waals surface area (Å²) in [5.41, 5.74) is 1.01. The average Bonchev–Trinajstić information content (AvgIpc) is 2.72. The summed E-state index contributed by atoms with van der Waals surface area (Å²) in [6, 6.07) is 18.0. The van der Waals surface area contributed by atoms with Crippen molar-refractivity contribution in [1.82, 2.24) is 0 Å². The third-order valence-corrected chi connectivity index (χ3v) is 5.70. The topological polar surface area (TPSA) is 54.0 Å². The molecule has 0 aliphatic heterocycles. The molecule has 0 aliphatic rings. The van der Waals surface area contributed by atoms with E-state index in [2.05, 4.69) is 0 Å². The molecule has 0 saturated carbocycles. The Bertz CT molecular complexity index is 697. The van der Waals surface area contributed by atoms with E-state index < -0.39 is 13.6 Å². The maximum atomic E-state index is 12.6. The third kappa shape index (κ3) is 6.68. The van der Waals surface area contributed by atoms with Gasteiger partial charge in [-0.2, -0.15) is 0 Å². The van der Waals surface area contributed by atoms with E-state index >= 15 is 0 Å². The molecule has 0 spiro atoms. The molecular weight excluding hydrogens is 375 g/mol. The number of hydrogen-bond donors (Lipinski definition) is 0. The van der Waals surface area contributed by atoms with Gasteiger partial charge in [0.2, 0.25) is 0 Å². The molecule has 0 saturated heterocycles. The van der Waals surface area contributed by atoms with Gasteiger partial charge in [0.25, 0.3) is 0 Å². The standard InChI is InChI=1S/C22H30O5P/c1-4-25-22(26-5-2,28(23)27-6-3)17-16-19-12-14-21(15-13-19)24-18-20-10-8-7-9-11-20/h7-15H,4-6,16-18H2,1-3H3/q+1. The van der Waals surface area contributed by atoms with Gasteiger partial charge in [0.15, 0.2) is 0 Å². The van der Waals surface area contributed by atoms with Crippen LogP contribution in [-0.2, 0) is 31.6 Å². The van der Waals surface area contributed by atoms with Crippen molar-refractivity contribution in [2.24, 2.45) is 0 Å². The van der Waals surface area contributed by atoms with Crippen LogP contribution in [-0.4, -0.2) is 25.3 Å². The van der Waals surface area contributed by atoms with Gasteiger partial charge in [-0.1, -0.05) is 42.5 Å². The van der Waals surface area contributed by atoms with E-state index in [0.29, 0.717) is 39.3 Å². The van der Waals surface area contributed by atoms with Crippen LogP contribution in [0.25, 0.3) is 0 Å². The van der Waals surface area contributed by atoms with Crippen molar-refractivity contribution < 1.29 is 23.3 Å². The van der Waals surface area contributed by atoms with E-state index in [-0.39, 0.29) is 0 Å². The van der Waals surface area contributed by atoms with Gasteiger partial charge in [-0.25, -0.2) is 0 Å². The lowest BCUT2D eigenvalue weighted by molar-refractivity contribution is -0.180. The summed E-state index contributed by atoms with van der Waals surface area (Å²) in [6.07, 6.45) is 1.11. The lowest BCUT2D eigenvalue weighted by Crippen LogP contribution is -2.33. The van der Waals surface area contributed by atoms with Gasteiger partial charge in [0, 0.05) is 0 Å². The van der Waals surface area contributed by atoms with E-state index in [1.807, 2.05) is 75.4 Å². The van der Waals surface area contributed by atoms with Crippen LogP contribution in [0, 0.1) is 0 Å². The van der Waals surface area contributed by atoms with E-state index in [0.717, 1.165) is 16.9 Å². The van der Waals surface area contributed by atoms with Crippen molar-refractivity contribution >= 4 is 8.03 Å². The normalized spacial score (nSPS) is 12.0. The summed E-state index contributed by atoms with van der Waals surface area (Å²) < 4.78 is 35.3. The summed E-state index contributed by atoms with van der Waals surface area (Å²) in [5, 5.41) is 0. The maximum Gasteiger partial charge on any atom is 0.575 e. The summed E-state index contributed by atoms with van der Waals surface area (Å²) in [4.78, 5) is 0. The Balaban J connectivity index is 1.97. The second kappa shape index (κ2) is 11.9. The predicted molar refractivity (Wildman–Crippen MR) is 111 cm³/mol. The molecule has 2 aromatic carbocycles. The van der Waals surface area contributed by atoms with Gasteiger partial charge in [-0.15, -0.1) is 4.52 Å². The quantitative estimate of drug-likeness (QED) is 0.316. The highest BCUT2D eigenvalue weighted by atomic mass is 31.1. The summed E-state index contributed by atoms with van der Waals surface area (Å²) in [5.74, 6) is 0.814. The Kier molecular flexibility index (Phi) is 9.59. The molecule has 1 atom stereocenters.